The molecule has 1 aromatic carbocycles. The van der Waals surface area contributed by atoms with Crippen molar-refractivity contribution in [3.05, 3.63) is 45.6 Å². The van der Waals surface area contributed by atoms with Crippen molar-refractivity contribution < 1.29 is 19.1 Å². The summed E-state index contributed by atoms with van der Waals surface area (Å²) in [5.41, 5.74) is 0.530. The van der Waals surface area contributed by atoms with Gasteiger partial charge in [0.25, 0.3) is 5.91 Å². The summed E-state index contributed by atoms with van der Waals surface area (Å²) >= 11 is 1.47. The molecule has 0 radical (unpaired) electrons. The van der Waals surface area contributed by atoms with Crippen LogP contribution >= 0.6 is 11.3 Å². The number of rotatable bonds is 9. The molecule has 0 atom stereocenters. The molecule has 5 nitrogen and oxygen atoms in total. The number of hydrogen-bond acceptors (Lipinski definition) is 5. The van der Waals surface area contributed by atoms with Crippen LogP contribution in [0.1, 0.15) is 45.7 Å². The van der Waals surface area contributed by atoms with Gasteiger partial charge in [-0.25, -0.2) is 0 Å². The van der Waals surface area contributed by atoms with E-state index < -0.39 is 0 Å². The first-order valence-corrected chi connectivity index (χ1v) is 9.14. The molecule has 1 heterocycles. The van der Waals surface area contributed by atoms with E-state index in [0.717, 1.165) is 9.75 Å². The summed E-state index contributed by atoms with van der Waals surface area (Å²) in [6.45, 7) is 6.89. The molecule has 25 heavy (non-hydrogen) atoms. The number of ether oxygens (including phenoxy) is 2. The number of carbonyl (C=O) groups is 2. The van der Waals surface area contributed by atoms with Crippen LogP contribution in [0.5, 0.6) is 11.5 Å². The Morgan fingerprint density at radius 2 is 1.76 bits per heavy atom. The molecule has 2 rings (SSSR count). The van der Waals surface area contributed by atoms with Gasteiger partial charge in [0.2, 0.25) is 0 Å². The molecule has 0 saturated carbocycles. The van der Waals surface area contributed by atoms with Crippen molar-refractivity contribution in [1.29, 1.82) is 0 Å². The van der Waals surface area contributed by atoms with E-state index >= 15 is 0 Å². The van der Waals surface area contributed by atoms with E-state index in [1.165, 1.54) is 11.3 Å². The van der Waals surface area contributed by atoms with Crippen molar-refractivity contribution in [1.82, 2.24) is 5.32 Å². The third-order valence-corrected chi connectivity index (χ3v) is 4.72. The predicted octanol–water partition coefficient (Wildman–Crippen LogP) is 3.72. The first-order chi connectivity index (χ1) is 12.0. The highest BCUT2D eigenvalue weighted by atomic mass is 32.1. The summed E-state index contributed by atoms with van der Waals surface area (Å²) in [7, 11) is 0. The average molecular weight is 361 g/mol. The molecule has 134 valence electrons. The van der Waals surface area contributed by atoms with Crippen LogP contribution < -0.4 is 14.8 Å². The van der Waals surface area contributed by atoms with Gasteiger partial charge >= 0.3 is 0 Å². The second-order valence-electron chi connectivity index (χ2n) is 5.36. The number of ketones is 1. The minimum atomic E-state index is -0.160. The second-order valence-corrected chi connectivity index (χ2v) is 6.52. The molecule has 0 aliphatic carbocycles. The number of thiophene rings is 1. The second kappa shape index (κ2) is 9.22. The van der Waals surface area contributed by atoms with E-state index in [-0.39, 0.29) is 11.7 Å². The molecule has 0 unspecified atom stereocenters. The topological polar surface area (TPSA) is 64.6 Å². The smallest absolute Gasteiger partial charge is 0.251 e. The van der Waals surface area contributed by atoms with E-state index in [1.807, 2.05) is 26.0 Å². The van der Waals surface area contributed by atoms with Crippen LogP contribution in [0, 0.1) is 0 Å². The SMILES string of the molecule is CCOc1ccc(C(=O)NCCc2ccc(C(C)=O)s2)cc1OCC. The van der Waals surface area contributed by atoms with Crippen molar-refractivity contribution in [2.24, 2.45) is 0 Å². The van der Waals surface area contributed by atoms with Gasteiger partial charge in [-0.2, -0.15) is 0 Å². The molecule has 0 spiro atoms. The summed E-state index contributed by atoms with van der Waals surface area (Å²) in [4.78, 5) is 25.4. The zero-order valence-corrected chi connectivity index (χ0v) is 15.6. The molecule has 0 saturated heterocycles. The maximum atomic E-state index is 12.3. The van der Waals surface area contributed by atoms with Gasteiger partial charge in [0.15, 0.2) is 17.3 Å². The summed E-state index contributed by atoms with van der Waals surface area (Å²) in [6.07, 6.45) is 0.693. The van der Waals surface area contributed by atoms with E-state index in [4.69, 9.17) is 9.47 Å². The monoisotopic (exact) mass is 361 g/mol. The van der Waals surface area contributed by atoms with E-state index in [0.29, 0.717) is 43.2 Å². The lowest BCUT2D eigenvalue weighted by Gasteiger charge is -2.12. The van der Waals surface area contributed by atoms with E-state index in [2.05, 4.69) is 5.32 Å². The highest BCUT2D eigenvalue weighted by molar-refractivity contribution is 7.14. The highest BCUT2D eigenvalue weighted by Crippen LogP contribution is 2.28. The third kappa shape index (κ3) is 5.32. The van der Waals surface area contributed by atoms with Gasteiger partial charge in [0.05, 0.1) is 18.1 Å². The van der Waals surface area contributed by atoms with Crippen LogP contribution in [0.4, 0.5) is 0 Å². The Hall–Kier alpha value is -2.34. The summed E-state index contributed by atoms with van der Waals surface area (Å²) in [5.74, 6) is 1.11. The van der Waals surface area contributed by atoms with Crippen LogP contribution in [0.15, 0.2) is 30.3 Å². The minimum Gasteiger partial charge on any atom is -0.490 e. The number of benzene rings is 1. The van der Waals surface area contributed by atoms with Crippen molar-refractivity contribution in [3.8, 4) is 11.5 Å². The molecule has 0 fully saturated rings. The molecular formula is C19H23NO4S. The third-order valence-electron chi connectivity index (χ3n) is 3.47. The summed E-state index contributed by atoms with van der Waals surface area (Å²) in [6, 6.07) is 8.93. The molecule has 0 aliphatic rings. The fraction of sp³-hybridized carbons (Fsp3) is 0.368. The zero-order chi connectivity index (χ0) is 18.2. The lowest BCUT2D eigenvalue weighted by Crippen LogP contribution is -2.25. The van der Waals surface area contributed by atoms with Crippen molar-refractivity contribution >= 4 is 23.0 Å². The number of amides is 1. The van der Waals surface area contributed by atoms with Crippen molar-refractivity contribution in [3.63, 3.8) is 0 Å². The van der Waals surface area contributed by atoms with Gasteiger partial charge < -0.3 is 14.8 Å². The van der Waals surface area contributed by atoms with Gasteiger partial charge in [0, 0.05) is 17.0 Å². The lowest BCUT2D eigenvalue weighted by molar-refractivity contribution is 0.0952. The first kappa shape index (κ1) is 19.0. The van der Waals surface area contributed by atoms with E-state index in [9.17, 15) is 9.59 Å². The van der Waals surface area contributed by atoms with E-state index in [1.54, 1.807) is 25.1 Å². The van der Waals surface area contributed by atoms with Crippen molar-refractivity contribution in [2.45, 2.75) is 27.2 Å². The fourth-order valence-electron chi connectivity index (χ4n) is 2.30. The van der Waals surface area contributed by atoms with Crippen LogP contribution in [0.25, 0.3) is 0 Å². The number of Topliss-reactive ketones (excluding diaryl/α,β-unsaturated/α-hetero) is 1. The molecule has 6 heteroatoms. The zero-order valence-electron chi connectivity index (χ0n) is 14.8. The van der Waals surface area contributed by atoms with Gasteiger partial charge in [-0.3, -0.25) is 9.59 Å². The summed E-state index contributed by atoms with van der Waals surface area (Å²) in [5, 5.41) is 2.89. The van der Waals surface area contributed by atoms with Crippen molar-refractivity contribution in [2.75, 3.05) is 19.8 Å². The number of nitrogens with one attached hydrogen (secondary N) is 1. The van der Waals surface area contributed by atoms with Gasteiger partial charge in [-0.1, -0.05) is 0 Å². The average Bonchev–Trinajstić information content (AvgIpc) is 3.06. The standard InChI is InChI=1S/C19H23NO4S/c1-4-23-16-8-6-14(12-17(16)24-5-2)19(22)20-11-10-15-7-9-18(25-15)13(3)21/h6-9,12H,4-5,10-11H2,1-3H3,(H,20,22). The molecule has 1 N–H and O–H groups in total. The molecule has 0 bridgehead atoms. The van der Waals surface area contributed by atoms with Crippen LogP contribution in [-0.2, 0) is 6.42 Å². The maximum Gasteiger partial charge on any atom is 0.251 e. The van der Waals surface area contributed by atoms with Crippen LogP contribution in [-0.4, -0.2) is 31.4 Å². The molecule has 1 aromatic heterocycles. The normalized spacial score (nSPS) is 10.4. The Morgan fingerprint density at radius 1 is 1.04 bits per heavy atom. The quantitative estimate of drug-likeness (QED) is 0.692. The van der Waals surface area contributed by atoms with Crippen LogP contribution in [0.3, 0.4) is 0 Å². The molecule has 0 aliphatic heterocycles. The Bertz CT molecular complexity index is 739. The first-order valence-electron chi connectivity index (χ1n) is 8.32. The van der Waals surface area contributed by atoms with Crippen LogP contribution in [0.2, 0.25) is 0 Å². The molecule has 1 amide bonds. The molecular weight excluding hydrogens is 338 g/mol. The minimum absolute atomic E-state index is 0.0677. The van der Waals surface area contributed by atoms with Gasteiger partial charge in [0.1, 0.15) is 0 Å². The van der Waals surface area contributed by atoms with Gasteiger partial charge in [-0.05, 0) is 57.5 Å². The van der Waals surface area contributed by atoms with Gasteiger partial charge in [-0.15, -0.1) is 11.3 Å². The predicted molar refractivity (Wildman–Crippen MR) is 99.1 cm³/mol. The number of carbonyl (C=O) groups excluding carboxylic acids is 2. The maximum absolute atomic E-state index is 12.3. The lowest BCUT2D eigenvalue weighted by atomic mass is 10.2. The highest BCUT2D eigenvalue weighted by Gasteiger charge is 2.11. The number of hydrogen-bond donors (Lipinski definition) is 1. The Labute approximate surface area is 152 Å². The largest absolute Gasteiger partial charge is 0.490 e. The Kier molecular flexibility index (Phi) is 7.01. The Morgan fingerprint density at radius 3 is 2.40 bits per heavy atom. The fourth-order valence-corrected chi connectivity index (χ4v) is 3.20. The Balaban J connectivity index is 1.95. The summed E-state index contributed by atoms with van der Waals surface area (Å²) < 4.78 is 11.0. The molecule has 2 aromatic rings.